The fraction of sp³-hybridized carbons (Fsp3) is 0.300. The molecule has 0 saturated carbocycles. The number of amides is 1. The molecule has 5 nitrogen and oxygen atoms in total. The highest BCUT2D eigenvalue weighted by Gasteiger charge is 2.18. The fourth-order valence-corrected chi connectivity index (χ4v) is 2.33. The maximum Gasteiger partial charge on any atom is 0.306 e. The standard InChI is InChI=1S/C20H22ClNO4/c1-14-10-11-16(13-18(14)21)22-20(24)15(2)26-19(23)9-6-12-25-17-7-4-3-5-8-17/h3-5,7-8,10-11,13,15H,6,9,12H2,1-2H3,(H,22,24)/t15-/m1/s1. The normalized spacial score (nSPS) is 11.5. The molecule has 1 N–H and O–H groups in total. The van der Waals surface area contributed by atoms with Gasteiger partial charge in [0.25, 0.3) is 5.91 Å². The van der Waals surface area contributed by atoms with Crippen LogP contribution in [0.5, 0.6) is 5.75 Å². The Morgan fingerprint density at radius 1 is 1.15 bits per heavy atom. The third kappa shape index (κ3) is 6.41. The fourth-order valence-electron chi connectivity index (χ4n) is 2.15. The first-order chi connectivity index (χ1) is 12.5. The molecule has 2 aromatic carbocycles. The van der Waals surface area contributed by atoms with E-state index in [2.05, 4.69) is 5.32 Å². The van der Waals surface area contributed by atoms with E-state index in [4.69, 9.17) is 21.1 Å². The van der Waals surface area contributed by atoms with Gasteiger partial charge in [-0.2, -0.15) is 0 Å². The van der Waals surface area contributed by atoms with Crippen LogP contribution in [0.2, 0.25) is 5.02 Å². The van der Waals surface area contributed by atoms with Crippen LogP contribution in [0.3, 0.4) is 0 Å². The third-order valence-corrected chi connectivity index (χ3v) is 4.06. The average Bonchev–Trinajstić information content (AvgIpc) is 2.62. The molecule has 1 atom stereocenters. The first-order valence-corrected chi connectivity index (χ1v) is 8.78. The third-order valence-electron chi connectivity index (χ3n) is 3.65. The van der Waals surface area contributed by atoms with Gasteiger partial charge in [0, 0.05) is 17.1 Å². The Morgan fingerprint density at radius 3 is 2.58 bits per heavy atom. The summed E-state index contributed by atoms with van der Waals surface area (Å²) in [7, 11) is 0. The second-order valence-corrected chi connectivity index (χ2v) is 6.26. The zero-order valence-corrected chi connectivity index (χ0v) is 15.6. The second kappa shape index (κ2) is 9.82. The molecule has 6 heteroatoms. The lowest BCUT2D eigenvalue weighted by atomic mass is 10.2. The summed E-state index contributed by atoms with van der Waals surface area (Å²) in [5.41, 5.74) is 1.48. The number of halogens is 1. The predicted molar refractivity (Wildman–Crippen MR) is 102 cm³/mol. The van der Waals surface area contributed by atoms with E-state index in [1.165, 1.54) is 6.92 Å². The maximum absolute atomic E-state index is 12.1. The summed E-state index contributed by atoms with van der Waals surface area (Å²) in [6.45, 7) is 3.81. The minimum Gasteiger partial charge on any atom is -0.494 e. The van der Waals surface area contributed by atoms with E-state index < -0.39 is 18.0 Å². The molecule has 0 saturated heterocycles. The Labute approximate surface area is 158 Å². The van der Waals surface area contributed by atoms with Gasteiger partial charge >= 0.3 is 5.97 Å². The van der Waals surface area contributed by atoms with Gasteiger partial charge in [-0.05, 0) is 50.1 Å². The largest absolute Gasteiger partial charge is 0.494 e. The minimum atomic E-state index is -0.891. The molecule has 0 aromatic heterocycles. The second-order valence-electron chi connectivity index (χ2n) is 5.85. The zero-order valence-electron chi connectivity index (χ0n) is 14.8. The zero-order chi connectivity index (χ0) is 18.9. The number of benzene rings is 2. The van der Waals surface area contributed by atoms with Crippen molar-refractivity contribution in [3.05, 3.63) is 59.1 Å². The SMILES string of the molecule is Cc1ccc(NC(=O)[C@@H](C)OC(=O)CCCOc2ccccc2)cc1Cl. The Balaban J connectivity index is 1.70. The van der Waals surface area contributed by atoms with Crippen molar-refractivity contribution in [1.82, 2.24) is 0 Å². The molecule has 0 aliphatic heterocycles. The van der Waals surface area contributed by atoms with Crippen LogP contribution >= 0.6 is 11.6 Å². The lowest BCUT2D eigenvalue weighted by Crippen LogP contribution is -2.30. The van der Waals surface area contributed by atoms with Crippen molar-refractivity contribution in [1.29, 1.82) is 0 Å². The molecule has 0 aliphatic rings. The molecule has 0 heterocycles. The molecule has 26 heavy (non-hydrogen) atoms. The van der Waals surface area contributed by atoms with Crippen LogP contribution in [0, 0.1) is 6.92 Å². The van der Waals surface area contributed by atoms with E-state index >= 15 is 0 Å². The summed E-state index contributed by atoms with van der Waals surface area (Å²) >= 11 is 6.03. The smallest absolute Gasteiger partial charge is 0.306 e. The predicted octanol–water partition coefficient (Wildman–Crippen LogP) is 4.38. The van der Waals surface area contributed by atoms with Crippen LogP contribution in [0.25, 0.3) is 0 Å². The summed E-state index contributed by atoms with van der Waals surface area (Å²) in [5.74, 6) is -0.0876. The molecular formula is C20H22ClNO4. The maximum atomic E-state index is 12.1. The number of hydrogen-bond donors (Lipinski definition) is 1. The number of aryl methyl sites for hydroxylation is 1. The van der Waals surface area contributed by atoms with Gasteiger partial charge in [-0.15, -0.1) is 0 Å². The van der Waals surface area contributed by atoms with Gasteiger partial charge in [0.05, 0.1) is 6.61 Å². The van der Waals surface area contributed by atoms with E-state index in [0.717, 1.165) is 11.3 Å². The van der Waals surface area contributed by atoms with E-state index in [1.807, 2.05) is 37.3 Å². The van der Waals surface area contributed by atoms with E-state index in [0.29, 0.717) is 23.7 Å². The topological polar surface area (TPSA) is 64.6 Å². The summed E-state index contributed by atoms with van der Waals surface area (Å²) in [4.78, 5) is 23.9. The van der Waals surface area contributed by atoms with Crippen molar-refractivity contribution in [3.63, 3.8) is 0 Å². The van der Waals surface area contributed by atoms with Gasteiger partial charge < -0.3 is 14.8 Å². The van der Waals surface area contributed by atoms with E-state index in [1.54, 1.807) is 18.2 Å². The number of anilines is 1. The average molecular weight is 376 g/mol. The molecule has 2 rings (SSSR count). The van der Waals surface area contributed by atoms with Crippen LogP contribution in [0.15, 0.2) is 48.5 Å². The van der Waals surface area contributed by atoms with Crippen LogP contribution in [-0.4, -0.2) is 24.6 Å². The van der Waals surface area contributed by atoms with Crippen LogP contribution in [-0.2, 0) is 14.3 Å². The molecule has 0 spiro atoms. The summed E-state index contributed by atoms with van der Waals surface area (Å²) in [5, 5.41) is 3.24. The Kier molecular flexibility index (Phi) is 7.48. The molecule has 0 unspecified atom stereocenters. The van der Waals surface area contributed by atoms with Crippen LogP contribution in [0.1, 0.15) is 25.3 Å². The molecule has 2 aromatic rings. The number of carbonyl (C=O) groups excluding carboxylic acids is 2. The van der Waals surface area contributed by atoms with Crippen LogP contribution in [0.4, 0.5) is 5.69 Å². The lowest BCUT2D eigenvalue weighted by molar-refractivity contribution is -0.153. The Bertz CT molecular complexity index is 749. The number of para-hydroxylation sites is 1. The number of ether oxygens (including phenoxy) is 2. The molecule has 138 valence electrons. The van der Waals surface area contributed by atoms with E-state index in [-0.39, 0.29) is 6.42 Å². The molecule has 0 fully saturated rings. The number of hydrogen-bond acceptors (Lipinski definition) is 4. The molecule has 0 radical (unpaired) electrons. The van der Waals surface area contributed by atoms with Gasteiger partial charge in [-0.3, -0.25) is 9.59 Å². The van der Waals surface area contributed by atoms with E-state index in [9.17, 15) is 9.59 Å². The van der Waals surface area contributed by atoms with Gasteiger partial charge in [0.15, 0.2) is 6.10 Å². The minimum absolute atomic E-state index is 0.181. The Morgan fingerprint density at radius 2 is 1.88 bits per heavy atom. The summed E-state index contributed by atoms with van der Waals surface area (Å²) < 4.78 is 10.7. The van der Waals surface area contributed by atoms with Crippen molar-refractivity contribution in [2.24, 2.45) is 0 Å². The van der Waals surface area contributed by atoms with Crippen molar-refractivity contribution < 1.29 is 19.1 Å². The first kappa shape index (κ1) is 19.8. The molecule has 0 bridgehead atoms. The number of carbonyl (C=O) groups is 2. The molecule has 1 amide bonds. The van der Waals surface area contributed by atoms with Gasteiger partial charge in [-0.25, -0.2) is 0 Å². The molecule has 0 aliphatic carbocycles. The monoisotopic (exact) mass is 375 g/mol. The van der Waals surface area contributed by atoms with Crippen molar-refractivity contribution in [2.45, 2.75) is 32.8 Å². The van der Waals surface area contributed by atoms with Crippen molar-refractivity contribution in [2.75, 3.05) is 11.9 Å². The number of rotatable bonds is 8. The molecular weight excluding hydrogens is 354 g/mol. The van der Waals surface area contributed by atoms with Gasteiger partial charge in [-0.1, -0.05) is 35.9 Å². The summed E-state index contributed by atoms with van der Waals surface area (Å²) in [6.07, 6.45) is -0.200. The van der Waals surface area contributed by atoms with Crippen molar-refractivity contribution >= 4 is 29.2 Å². The quantitative estimate of drug-likeness (QED) is 0.549. The highest BCUT2D eigenvalue weighted by Crippen LogP contribution is 2.20. The first-order valence-electron chi connectivity index (χ1n) is 8.40. The van der Waals surface area contributed by atoms with Gasteiger partial charge in [0.1, 0.15) is 5.75 Å². The number of esters is 1. The van der Waals surface area contributed by atoms with Crippen molar-refractivity contribution in [3.8, 4) is 5.75 Å². The lowest BCUT2D eigenvalue weighted by Gasteiger charge is -2.14. The Hall–Kier alpha value is -2.53. The summed E-state index contributed by atoms with van der Waals surface area (Å²) in [6, 6.07) is 14.6. The highest BCUT2D eigenvalue weighted by atomic mass is 35.5. The van der Waals surface area contributed by atoms with Gasteiger partial charge in [0.2, 0.25) is 0 Å². The van der Waals surface area contributed by atoms with Crippen LogP contribution < -0.4 is 10.1 Å². The highest BCUT2D eigenvalue weighted by molar-refractivity contribution is 6.31. The number of nitrogens with one attached hydrogen (secondary N) is 1.